The third kappa shape index (κ3) is 2.62. The van der Waals surface area contributed by atoms with Gasteiger partial charge in [-0.2, -0.15) is 5.10 Å². The second kappa shape index (κ2) is 5.80. The lowest BCUT2D eigenvalue weighted by Gasteiger charge is -2.13. The molecule has 0 aliphatic carbocycles. The number of anilines is 2. The summed E-state index contributed by atoms with van der Waals surface area (Å²) in [5, 5.41) is 8.42. The van der Waals surface area contributed by atoms with Crippen LogP contribution >= 0.6 is 0 Å². The van der Waals surface area contributed by atoms with Crippen molar-refractivity contribution in [2.24, 2.45) is 0 Å². The molecular formula is C17H24N4. The lowest BCUT2D eigenvalue weighted by molar-refractivity contribution is 0.665. The van der Waals surface area contributed by atoms with Gasteiger partial charge in [0.05, 0.1) is 5.69 Å². The number of benzene rings is 1. The summed E-state index contributed by atoms with van der Waals surface area (Å²) in [7, 11) is 4.15. The van der Waals surface area contributed by atoms with Crippen molar-refractivity contribution in [1.82, 2.24) is 9.78 Å². The van der Waals surface area contributed by atoms with Crippen molar-refractivity contribution in [3.63, 3.8) is 0 Å². The van der Waals surface area contributed by atoms with Crippen molar-refractivity contribution < 1.29 is 0 Å². The molecule has 0 bridgehead atoms. The van der Waals surface area contributed by atoms with Gasteiger partial charge in [0.15, 0.2) is 0 Å². The van der Waals surface area contributed by atoms with E-state index in [9.17, 15) is 0 Å². The standard InChI is InChI=1S/C17H24N4/c1-4-21-17-15(10-5-6-11-18-17)16(19-21)13-8-7-9-14(12-13)20(2)3/h7-9,12,18H,4-6,10-11H2,1-3H3. The highest BCUT2D eigenvalue weighted by molar-refractivity contribution is 5.72. The van der Waals surface area contributed by atoms with Crippen LogP contribution in [0.3, 0.4) is 0 Å². The van der Waals surface area contributed by atoms with Gasteiger partial charge in [-0.1, -0.05) is 12.1 Å². The Morgan fingerprint density at radius 2 is 2.14 bits per heavy atom. The third-order valence-corrected chi connectivity index (χ3v) is 4.13. The molecule has 112 valence electrons. The molecule has 0 unspecified atom stereocenters. The van der Waals surface area contributed by atoms with Crippen LogP contribution < -0.4 is 10.2 Å². The van der Waals surface area contributed by atoms with E-state index in [2.05, 4.69) is 60.2 Å². The Balaban J connectivity index is 2.10. The van der Waals surface area contributed by atoms with Crippen molar-refractivity contribution >= 4 is 11.5 Å². The highest BCUT2D eigenvalue weighted by Crippen LogP contribution is 2.33. The highest BCUT2D eigenvalue weighted by atomic mass is 15.3. The molecule has 1 aromatic carbocycles. The molecule has 0 radical (unpaired) electrons. The van der Waals surface area contributed by atoms with Crippen molar-refractivity contribution in [2.45, 2.75) is 32.7 Å². The van der Waals surface area contributed by atoms with E-state index in [-0.39, 0.29) is 0 Å². The predicted molar refractivity (Wildman–Crippen MR) is 89.1 cm³/mol. The lowest BCUT2D eigenvalue weighted by atomic mass is 10.0. The van der Waals surface area contributed by atoms with Crippen LogP contribution in [-0.4, -0.2) is 30.4 Å². The number of aromatic nitrogens is 2. The van der Waals surface area contributed by atoms with E-state index < -0.39 is 0 Å². The minimum atomic E-state index is 0.905. The van der Waals surface area contributed by atoms with Gasteiger partial charge in [-0.25, -0.2) is 4.68 Å². The number of hydrogen-bond donors (Lipinski definition) is 1. The Morgan fingerprint density at radius 3 is 2.90 bits per heavy atom. The van der Waals surface area contributed by atoms with Gasteiger partial charge in [-0.3, -0.25) is 0 Å². The summed E-state index contributed by atoms with van der Waals surface area (Å²) >= 11 is 0. The molecule has 0 spiro atoms. The number of nitrogens with one attached hydrogen (secondary N) is 1. The molecule has 0 atom stereocenters. The number of fused-ring (bicyclic) bond motifs is 1. The smallest absolute Gasteiger partial charge is 0.128 e. The first kappa shape index (κ1) is 14.0. The maximum Gasteiger partial charge on any atom is 0.128 e. The number of rotatable bonds is 3. The zero-order valence-corrected chi connectivity index (χ0v) is 13.2. The molecule has 21 heavy (non-hydrogen) atoms. The van der Waals surface area contributed by atoms with Gasteiger partial charge in [0.2, 0.25) is 0 Å². The van der Waals surface area contributed by atoms with Crippen LogP contribution in [0.2, 0.25) is 0 Å². The van der Waals surface area contributed by atoms with Crippen LogP contribution in [0.1, 0.15) is 25.3 Å². The van der Waals surface area contributed by atoms with Crippen molar-refractivity contribution in [2.75, 3.05) is 30.9 Å². The van der Waals surface area contributed by atoms with E-state index in [0.717, 1.165) is 25.2 Å². The second-order valence-electron chi connectivity index (χ2n) is 5.82. The monoisotopic (exact) mass is 284 g/mol. The molecule has 1 N–H and O–H groups in total. The molecule has 1 aliphatic rings. The molecule has 0 saturated carbocycles. The zero-order valence-electron chi connectivity index (χ0n) is 13.2. The average Bonchev–Trinajstić information content (AvgIpc) is 2.68. The Morgan fingerprint density at radius 1 is 1.29 bits per heavy atom. The normalized spacial score (nSPS) is 14.2. The Bertz CT molecular complexity index is 628. The van der Waals surface area contributed by atoms with E-state index in [1.165, 1.54) is 35.5 Å². The maximum atomic E-state index is 4.86. The number of nitrogens with zero attached hydrogens (tertiary/aromatic N) is 3. The highest BCUT2D eigenvalue weighted by Gasteiger charge is 2.20. The summed E-state index contributed by atoms with van der Waals surface area (Å²) in [4.78, 5) is 2.14. The van der Waals surface area contributed by atoms with Gasteiger partial charge in [0.25, 0.3) is 0 Å². The summed E-state index contributed by atoms with van der Waals surface area (Å²) in [5.41, 5.74) is 4.96. The summed E-state index contributed by atoms with van der Waals surface area (Å²) < 4.78 is 2.11. The van der Waals surface area contributed by atoms with Crippen molar-refractivity contribution in [3.05, 3.63) is 29.8 Å². The fraction of sp³-hybridized carbons (Fsp3) is 0.471. The average molecular weight is 284 g/mol. The molecule has 0 saturated heterocycles. The molecule has 0 amide bonds. The fourth-order valence-electron chi connectivity index (χ4n) is 2.96. The quantitative estimate of drug-likeness (QED) is 0.938. The van der Waals surface area contributed by atoms with Gasteiger partial charge in [0.1, 0.15) is 5.82 Å². The van der Waals surface area contributed by atoms with E-state index in [1.807, 2.05) is 0 Å². The van der Waals surface area contributed by atoms with Crippen LogP contribution in [-0.2, 0) is 13.0 Å². The molecule has 2 heterocycles. The van der Waals surface area contributed by atoms with Crippen LogP contribution in [0.5, 0.6) is 0 Å². The first-order valence-electron chi connectivity index (χ1n) is 7.82. The van der Waals surface area contributed by atoms with Crippen LogP contribution in [0.4, 0.5) is 11.5 Å². The van der Waals surface area contributed by atoms with E-state index in [0.29, 0.717) is 0 Å². The molecular weight excluding hydrogens is 260 g/mol. The minimum Gasteiger partial charge on any atom is -0.378 e. The van der Waals surface area contributed by atoms with Crippen LogP contribution in [0.25, 0.3) is 11.3 Å². The number of aryl methyl sites for hydroxylation is 1. The molecule has 1 aliphatic heterocycles. The fourth-order valence-corrected chi connectivity index (χ4v) is 2.96. The van der Waals surface area contributed by atoms with Gasteiger partial charge >= 0.3 is 0 Å². The summed E-state index contributed by atoms with van der Waals surface area (Å²) in [6.45, 7) is 4.11. The SMILES string of the molecule is CCn1nc(-c2cccc(N(C)C)c2)c2c1NCCCC2. The van der Waals surface area contributed by atoms with Gasteiger partial charge in [-0.15, -0.1) is 0 Å². The summed E-state index contributed by atoms with van der Waals surface area (Å²) in [5.74, 6) is 1.22. The Hall–Kier alpha value is -1.97. The summed E-state index contributed by atoms with van der Waals surface area (Å²) in [6, 6.07) is 8.65. The predicted octanol–water partition coefficient (Wildman–Crippen LogP) is 3.38. The minimum absolute atomic E-state index is 0.905. The van der Waals surface area contributed by atoms with E-state index in [4.69, 9.17) is 5.10 Å². The Labute approximate surface area is 126 Å². The lowest BCUT2D eigenvalue weighted by Crippen LogP contribution is -2.08. The Kier molecular flexibility index (Phi) is 3.86. The molecule has 3 rings (SSSR count). The zero-order chi connectivity index (χ0) is 14.8. The van der Waals surface area contributed by atoms with Gasteiger partial charge < -0.3 is 10.2 Å². The first-order valence-corrected chi connectivity index (χ1v) is 7.82. The van der Waals surface area contributed by atoms with Gasteiger partial charge in [-0.05, 0) is 38.3 Å². The van der Waals surface area contributed by atoms with Crippen LogP contribution in [0, 0.1) is 0 Å². The third-order valence-electron chi connectivity index (χ3n) is 4.13. The molecule has 4 nitrogen and oxygen atoms in total. The second-order valence-corrected chi connectivity index (χ2v) is 5.82. The van der Waals surface area contributed by atoms with Gasteiger partial charge in [0, 0.05) is 44.0 Å². The topological polar surface area (TPSA) is 33.1 Å². The molecule has 4 heteroatoms. The van der Waals surface area contributed by atoms with Crippen molar-refractivity contribution in [3.8, 4) is 11.3 Å². The molecule has 0 fully saturated rings. The van der Waals surface area contributed by atoms with Crippen molar-refractivity contribution in [1.29, 1.82) is 0 Å². The van der Waals surface area contributed by atoms with E-state index >= 15 is 0 Å². The van der Waals surface area contributed by atoms with E-state index in [1.54, 1.807) is 0 Å². The largest absolute Gasteiger partial charge is 0.378 e. The molecule has 2 aromatic rings. The summed E-state index contributed by atoms with van der Waals surface area (Å²) in [6.07, 6.45) is 3.58. The number of hydrogen-bond acceptors (Lipinski definition) is 3. The maximum absolute atomic E-state index is 4.86. The van der Waals surface area contributed by atoms with Crippen LogP contribution in [0.15, 0.2) is 24.3 Å². The first-order chi connectivity index (χ1) is 10.2. The molecule has 1 aromatic heterocycles.